The molecule has 2 heterocycles. The second-order valence-electron chi connectivity index (χ2n) is 3.67. The third-order valence-electron chi connectivity index (χ3n) is 2.52. The quantitative estimate of drug-likeness (QED) is 0.858. The Balaban J connectivity index is 2.13. The van der Waals surface area contributed by atoms with E-state index in [1.165, 1.54) is 11.3 Å². The minimum atomic E-state index is -1.30. The van der Waals surface area contributed by atoms with Gasteiger partial charge in [-0.05, 0) is 23.4 Å². The zero-order chi connectivity index (χ0) is 13.1. The maximum atomic E-state index is 13.3. The van der Waals surface area contributed by atoms with E-state index in [2.05, 4.69) is 10.3 Å². The number of aryl methyl sites for hydroxylation is 1. The molecule has 0 bridgehead atoms. The van der Waals surface area contributed by atoms with Crippen molar-refractivity contribution in [3.8, 4) is 0 Å². The summed E-state index contributed by atoms with van der Waals surface area (Å²) in [6, 6.07) is 2.47. The number of hydrogen-bond acceptors (Lipinski definition) is 3. The van der Waals surface area contributed by atoms with Crippen LogP contribution in [0.4, 0.5) is 19.0 Å². The fraction of sp³-hybridized carbons (Fsp3) is 0.250. The molecule has 2 aromatic heterocycles. The molecule has 2 rings (SSSR count). The highest BCUT2D eigenvalue weighted by Gasteiger charge is 2.12. The Kier molecular flexibility index (Phi) is 3.86. The van der Waals surface area contributed by atoms with Crippen LogP contribution < -0.4 is 5.32 Å². The zero-order valence-corrected chi connectivity index (χ0v) is 10.5. The van der Waals surface area contributed by atoms with Gasteiger partial charge in [0.05, 0.1) is 6.54 Å². The van der Waals surface area contributed by atoms with Gasteiger partial charge in [-0.3, -0.25) is 0 Å². The van der Waals surface area contributed by atoms with Crippen molar-refractivity contribution in [3.05, 3.63) is 45.5 Å². The Bertz CT molecular complexity index is 554. The number of aromatic nitrogens is 1. The van der Waals surface area contributed by atoms with E-state index in [-0.39, 0.29) is 5.82 Å². The summed E-state index contributed by atoms with van der Waals surface area (Å²) in [5.74, 6) is -3.77. The molecule has 0 aliphatic carbocycles. The van der Waals surface area contributed by atoms with E-state index in [0.717, 1.165) is 16.9 Å². The lowest BCUT2D eigenvalue weighted by Gasteiger charge is -2.07. The standard InChI is InChI=1S/C12H11F3N2S/c1-2-7-3-4-18-10(7)6-16-12-9(14)5-8(13)11(15)17-12/h3-5H,2,6H2,1H3,(H,16,17). The summed E-state index contributed by atoms with van der Waals surface area (Å²) >= 11 is 1.53. The molecule has 1 N–H and O–H groups in total. The van der Waals surface area contributed by atoms with Gasteiger partial charge in [0.15, 0.2) is 17.5 Å². The minimum absolute atomic E-state index is 0.274. The van der Waals surface area contributed by atoms with Gasteiger partial charge in [0.2, 0.25) is 0 Å². The van der Waals surface area contributed by atoms with Crippen molar-refractivity contribution in [2.45, 2.75) is 19.9 Å². The van der Waals surface area contributed by atoms with Crippen molar-refractivity contribution in [3.63, 3.8) is 0 Å². The van der Waals surface area contributed by atoms with Crippen LogP contribution in [-0.4, -0.2) is 4.98 Å². The van der Waals surface area contributed by atoms with E-state index in [4.69, 9.17) is 0 Å². The fourth-order valence-electron chi connectivity index (χ4n) is 1.57. The number of nitrogens with zero attached hydrogens (tertiary/aromatic N) is 1. The lowest BCUT2D eigenvalue weighted by atomic mass is 10.2. The topological polar surface area (TPSA) is 24.9 Å². The lowest BCUT2D eigenvalue weighted by Crippen LogP contribution is -2.06. The zero-order valence-electron chi connectivity index (χ0n) is 9.64. The highest BCUT2D eigenvalue weighted by molar-refractivity contribution is 7.10. The van der Waals surface area contributed by atoms with Crippen LogP contribution in [0.3, 0.4) is 0 Å². The van der Waals surface area contributed by atoms with Gasteiger partial charge in [-0.1, -0.05) is 6.92 Å². The molecule has 0 fully saturated rings. The van der Waals surface area contributed by atoms with Crippen molar-refractivity contribution in [2.75, 3.05) is 5.32 Å². The molecule has 0 aliphatic heterocycles. The highest BCUT2D eigenvalue weighted by atomic mass is 32.1. The van der Waals surface area contributed by atoms with Crippen molar-refractivity contribution >= 4 is 17.2 Å². The van der Waals surface area contributed by atoms with E-state index in [0.29, 0.717) is 12.6 Å². The summed E-state index contributed by atoms with van der Waals surface area (Å²) in [7, 11) is 0. The van der Waals surface area contributed by atoms with Crippen molar-refractivity contribution in [2.24, 2.45) is 0 Å². The SMILES string of the molecule is CCc1ccsc1CNc1nc(F)c(F)cc1F. The van der Waals surface area contributed by atoms with E-state index >= 15 is 0 Å². The largest absolute Gasteiger partial charge is 0.363 e. The van der Waals surface area contributed by atoms with E-state index in [1.807, 2.05) is 18.4 Å². The van der Waals surface area contributed by atoms with Gasteiger partial charge in [0, 0.05) is 10.9 Å². The predicted octanol–water partition coefficient (Wildman–Crippen LogP) is 3.73. The van der Waals surface area contributed by atoms with Gasteiger partial charge in [0.1, 0.15) is 0 Å². The highest BCUT2D eigenvalue weighted by Crippen LogP contribution is 2.20. The molecular formula is C12H11F3N2S. The van der Waals surface area contributed by atoms with Crippen LogP contribution in [0.25, 0.3) is 0 Å². The molecule has 0 radical (unpaired) electrons. The van der Waals surface area contributed by atoms with E-state index < -0.39 is 17.6 Å². The molecule has 2 nitrogen and oxygen atoms in total. The average Bonchev–Trinajstić information content (AvgIpc) is 2.79. The van der Waals surface area contributed by atoms with E-state index in [9.17, 15) is 13.2 Å². The number of nitrogens with one attached hydrogen (secondary N) is 1. The monoisotopic (exact) mass is 272 g/mol. The maximum absolute atomic E-state index is 13.3. The number of thiophene rings is 1. The molecule has 6 heteroatoms. The van der Waals surface area contributed by atoms with Crippen molar-refractivity contribution < 1.29 is 13.2 Å². The Morgan fingerprint density at radius 3 is 2.78 bits per heavy atom. The normalized spacial score (nSPS) is 10.7. The Hall–Kier alpha value is -1.56. The molecule has 0 aliphatic rings. The summed E-state index contributed by atoms with van der Waals surface area (Å²) < 4.78 is 38.9. The molecule has 96 valence electrons. The summed E-state index contributed by atoms with van der Waals surface area (Å²) in [5, 5.41) is 4.61. The van der Waals surface area contributed by atoms with Gasteiger partial charge < -0.3 is 5.32 Å². The third-order valence-corrected chi connectivity index (χ3v) is 3.48. The lowest BCUT2D eigenvalue weighted by molar-refractivity contribution is 0.466. The Morgan fingerprint density at radius 2 is 2.06 bits per heavy atom. The average molecular weight is 272 g/mol. The number of hydrogen-bond donors (Lipinski definition) is 1. The van der Waals surface area contributed by atoms with Gasteiger partial charge in [-0.2, -0.15) is 9.37 Å². The van der Waals surface area contributed by atoms with Gasteiger partial charge in [-0.15, -0.1) is 11.3 Å². The van der Waals surface area contributed by atoms with Crippen LogP contribution in [0.5, 0.6) is 0 Å². The molecule has 0 saturated carbocycles. The first kappa shape index (κ1) is 12.9. The molecule has 0 aromatic carbocycles. The first-order valence-corrected chi connectivity index (χ1v) is 6.30. The summed E-state index contributed by atoms with van der Waals surface area (Å²) in [4.78, 5) is 4.24. The predicted molar refractivity (Wildman–Crippen MR) is 65.1 cm³/mol. The molecule has 0 atom stereocenters. The van der Waals surface area contributed by atoms with Crippen LogP contribution in [0.2, 0.25) is 0 Å². The van der Waals surface area contributed by atoms with Gasteiger partial charge >= 0.3 is 0 Å². The molecule has 0 saturated heterocycles. The first-order chi connectivity index (χ1) is 8.61. The van der Waals surface area contributed by atoms with Gasteiger partial charge in [-0.25, -0.2) is 8.78 Å². The summed E-state index contributed by atoms with van der Waals surface area (Å²) in [6.45, 7) is 2.36. The van der Waals surface area contributed by atoms with E-state index in [1.54, 1.807) is 0 Å². The maximum Gasteiger partial charge on any atom is 0.251 e. The van der Waals surface area contributed by atoms with Crippen LogP contribution >= 0.6 is 11.3 Å². The van der Waals surface area contributed by atoms with Crippen LogP contribution in [-0.2, 0) is 13.0 Å². The summed E-state index contributed by atoms with van der Waals surface area (Å²) in [6.07, 6.45) is 0.869. The third kappa shape index (κ3) is 2.64. The molecule has 0 unspecified atom stereocenters. The summed E-state index contributed by atoms with van der Waals surface area (Å²) in [5.41, 5.74) is 1.15. The molecular weight excluding hydrogens is 261 g/mol. The van der Waals surface area contributed by atoms with Crippen molar-refractivity contribution in [1.82, 2.24) is 4.98 Å². The first-order valence-electron chi connectivity index (χ1n) is 5.42. The number of halogens is 3. The Labute approximate surface area is 106 Å². The molecule has 0 spiro atoms. The number of pyridine rings is 1. The molecule has 2 aromatic rings. The minimum Gasteiger partial charge on any atom is -0.363 e. The second kappa shape index (κ2) is 5.39. The molecule has 18 heavy (non-hydrogen) atoms. The van der Waals surface area contributed by atoms with Crippen molar-refractivity contribution in [1.29, 1.82) is 0 Å². The van der Waals surface area contributed by atoms with Gasteiger partial charge in [0.25, 0.3) is 5.95 Å². The fourth-order valence-corrected chi connectivity index (χ4v) is 2.49. The van der Waals surface area contributed by atoms with Crippen LogP contribution in [0.15, 0.2) is 17.5 Å². The van der Waals surface area contributed by atoms with Crippen LogP contribution in [0, 0.1) is 17.6 Å². The molecule has 0 amide bonds. The smallest absolute Gasteiger partial charge is 0.251 e. The second-order valence-corrected chi connectivity index (χ2v) is 4.67. The Morgan fingerprint density at radius 1 is 1.28 bits per heavy atom. The number of anilines is 1. The van der Waals surface area contributed by atoms with Crippen LogP contribution in [0.1, 0.15) is 17.4 Å². The number of rotatable bonds is 4.